The lowest BCUT2D eigenvalue weighted by Gasteiger charge is -2.06. The summed E-state index contributed by atoms with van der Waals surface area (Å²) in [5, 5.41) is 11.2. The molecular formula is C13H17N3O2. The average Bonchev–Trinajstić information content (AvgIpc) is 2.75. The largest absolute Gasteiger partial charge is 0.387 e. The van der Waals surface area contributed by atoms with Crippen molar-refractivity contribution < 1.29 is 9.90 Å². The molecule has 96 valence electrons. The Bertz CT molecular complexity index is 548. The quantitative estimate of drug-likeness (QED) is 0.817. The Labute approximate surface area is 105 Å². The standard InChI is InChI=1S/C13H17N3O2/c1-2-16-11-6-4-3-5-10(11)15-12(16)7-8-14-13(18)9-17/h3-6,17H,2,7-9H2,1H3,(H,14,18). The fourth-order valence-corrected chi connectivity index (χ4v) is 2.04. The van der Waals surface area contributed by atoms with E-state index >= 15 is 0 Å². The van der Waals surface area contributed by atoms with Crippen LogP contribution >= 0.6 is 0 Å². The molecule has 0 aliphatic carbocycles. The van der Waals surface area contributed by atoms with Gasteiger partial charge in [-0.15, -0.1) is 0 Å². The van der Waals surface area contributed by atoms with E-state index in [1.165, 1.54) is 0 Å². The van der Waals surface area contributed by atoms with E-state index in [0.29, 0.717) is 13.0 Å². The van der Waals surface area contributed by atoms with E-state index < -0.39 is 6.61 Å². The highest BCUT2D eigenvalue weighted by atomic mass is 16.3. The first-order valence-corrected chi connectivity index (χ1v) is 6.08. The second-order valence-corrected chi connectivity index (χ2v) is 4.02. The molecule has 5 nitrogen and oxygen atoms in total. The zero-order valence-electron chi connectivity index (χ0n) is 10.4. The molecule has 5 heteroatoms. The van der Waals surface area contributed by atoms with Gasteiger partial charge in [0.2, 0.25) is 5.91 Å². The smallest absolute Gasteiger partial charge is 0.245 e. The van der Waals surface area contributed by atoms with Crippen LogP contribution in [0.1, 0.15) is 12.7 Å². The molecule has 0 unspecified atom stereocenters. The second kappa shape index (κ2) is 5.64. The molecule has 1 aromatic heterocycles. The molecule has 0 saturated carbocycles. The maximum Gasteiger partial charge on any atom is 0.245 e. The number of imidazole rings is 1. The third-order valence-corrected chi connectivity index (χ3v) is 2.86. The number of hydrogen-bond acceptors (Lipinski definition) is 3. The number of aromatic nitrogens is 2. The highest BCUT2D eigenvalue weighted by molar-refractivity contribution is 5.77. The molecule has 0 radical (unpaired) electrons. The van der Waals surface area contributed by atoms with Crippen molar-refractivity contribution in [3.63, 3.8) is 0 Å². The lowest BCUT2D eigenvalue weighted by Crippen LogP contribution is -2.28. The van der Waals surface area contributed by atoms with Gasteiger partial charge in [0.25, 0.3) is 0 Å². The van der Waals surface area contributed by atoms with E-state index in [9.17, 15) is 4.79 Å². The van der Waals surface area contributed by atoms with Crippen molar-refractivity contribution in [2.75, 3.05) is 13.2 Å². The number of fused-ring (bicyclic) bond motifs is 1. The van der Waals surface area contributed by atoms with Crippen molar-refractivity contribution >= 4 is 16.9 Å². The minimum Gasteiger partial charge on any atom is -0.387 e. The van der Waals surface area contributed by atoms with Gasteiger partial charge in [0.1, 0.15) is 12.4 Å². The molecule has 2 rings (SSSR count). The molecule has 0 aliphatic rings. The SMILES string of the molecule is CCn1c(CCNC(=O)CO)nc2ccccc21. The number of carbonyl (C=O) groups is 1. The second-order valence-electron chi connectivity index (χ2n) is 4.02. The van der Waals surface area contributed by atoms with Gasteiger partial charge >= 0.3 is 0 Å². The highest BCUT2D eigenvalue weighted by Gasteiger charge is 2.08. The summed E-state index contributed by atoms with van der Waals surface area (Å²) < 4.78 is 2.14. The van der Waals surface area contributed by atoms with Gasteiger partial charge in [-0.3, -0.25) is 4.79 Å². The number of aryl methyl sites for hydroxylation is 1. The van der Waals surface area contributed by atoms with Gasteiger partial charge in [-0.1, -0.05) is 12.1 Å². The van der Waals surface area contributed by atoms with E-state index in [2.05, 4.69) is 21.8 Å². The number of aliphatic hydroxyl groups is 1. The van der Waals surface area contributed by atoms with Crippen molar-refractivity contribution in [2.24, 2.45) is 0 Å². The minimum absolute atomic E-state index is 0.353. The van der Waals surface area contributed by atoms with Crippen LogP contribution in [0.4, 0.5) is 0 Å². The predicted molar refractivity (Wildman–Crippen MR) is 69.2 cm³/mol. The maximum absolute atomic E-state index is 10.9. The lowest BCUT2D eigenvalue weighted by atomic mass is 10.3. The summed E-state index contributed by atoms with van der Waals surface area (Å²) in [7, 11) is 0. The highest BCUT2D eigenvalue weighted by Crippen LogP contribution is 2.15. The van der Waals surface area contributed by atoms with Crippen LogP contribution < -0.4 is 5.32 Å². The van der Waals surface area contributed by atoms with E-state index in [1.807, 2.05) is 24.3 Å². The molecule has 0 bridgehead atoms. The monoisotopic (exact) mass is 247 g/mol. The van der Waals surface area contributed by atoms with Gasteiger partial charge < -0.3 is 15.0 Å². The number of hydrogen-bond donors (Lipinski definition) is 2. The molecule has 2 N–H and O–H groups in total. The van der Waals surface area contributed by atoms with Gasteiger partial charge in [-0.2, -0.15) is 0 Å². The summed E-state index contributed by atoms with van der Waals surface area (Å²) >= 11 is 0. The fourth-order valence-electron chi connectivity index (χ4n) is 2.04. The van der Waals surface area contributed by atoms with Crippen LogP contribution in [0, 0.1) is 0 Å². The Balaban J connectivity index is 2.15. The van der Waals surface area contributed by atoms with Crippen molar-refractivity contribution in [2.45, 2.75) is 19.9 Å². The molecule has 1 heterocycles. The molecule has 1 amide bonds. The molecule has 0 spiro atoms. The Morgan fingerprint density at radius 2 is 2.22 bits per heavy atom. The summed E-state index contributed by atoms with van der Waals surface area (Å²) in [5.74, 6) is 0.603. The first-order chi connectivity index (χ1) is 8.76. The Morgan fingerprint density at radius 1 is 1.44 bits per heavy atom. The summed E-state index contributed by atoms with van der Waals surface area (Å²) in [6.45, 7) is 2.95. The van der Waals surface area contributed by atoms with Crippen LogP contribution in [-0.2, 0) is 17.8 Å². The Kier molecular flexibility index (Phi) is 3.94. The van der Waals surface area contributed by atoms with Crippen LogP contribution in [-0.4, -0.2) is 33.7 Å². The van der Waals surface area contributed by atoms with Crippen molar-refractivity contribution in [3.05, 3.63) is 30.1 Å². The number of amides is 1. The maximum atomic E-state index is 10.9. The van der Waals surface area contributed by atoms with Crippen LogP contribution in [0.3, 0.4) is 0 Å². The Morgan fingerprint density at radius 3 is 2.94 bits per heavy atom. The number of rotatable bonds is 5. The molecule has 18 heavy (non-hydrogen) atoms. The summed E-state index contributed by atoms with van der Waals surface area (Å²) in [5.41, 5.74) is 2.09. The predicted octanol–water partition coefficient (Wildman–Crippen LogP) is 0.707. The van der Waals surface area contributed by atoms with Crippen molar-refractivity contribution in [1.29, 1.82) is 0 Å². The van der Waals surface area contributed by atoms with Gasteiger partial charge in [0, 0.05) is 19.5 Å². The molecule has 1 aromatic carbocycles. The van der Waals surface area contributed by atoms with Crippen LogP contribution in [0.2, 0.25) is 0 Å². The van der Waals surface area contributed by atoms with Crippen molar-refractivity contribution in [1.82, 2.24) is 14.9 Å². The molecule has 0 aliphatic heterocycles. The molecule has 0 saturated heterocycles. The zero-order chi connectivity index (χ0) is 13.0. The lowest BCUT2D eigenvalue weighted by molar-refractivity contribution is -0.123. The van der Waals surface area contributed by atoms with Crippen LogP contribution in [0.15, 0.2) is 24.3 Å². The van der Waals surface area contributed by atoms with Gasteiger partial charge in [-0.05, 0) is 19.1 Å². The molecule has 0 fully saturated rings. The van der Waals surface area contributed by atoms with Gasteiger partial charge in [0.15, 0.2) is 0 Å². The minimum atomic E-state index is -0.468. The molecule has 2 aromatic rings. The fraction of sp³-hybridized carbons (Fsp3) is 0.385. The van der Waals surface area contributed by atoms with E-state index in [-0.39, 0.29) is 5.91 Å². The van der Waals surface area contributed by atoms with Gasteiger partial charge in [-0.25, -0.2) is 4.98 Å². The van der Waals surface area contributed by atoms with E-state index in [4.69, 9.17) is 5.11 Å². The normalized spacial score (nSPS) is 10.8. The van der Waals surface area contributed by atoms with E-state index in [1.54, 1.807) is 0 Å². The third kappa shape index (κ3) is 2.51. The number of nitrogens with one attached hydrogen (secondary N) is 1. The van der Waals surface area contributed by atoms with Crippen LogP contribution in [0.25, 0.3) is 11.0 Å². The number of carbonyl (C=O) groups excluding carboxylic acids is 1. The average molecular weight is 247 g/mol. The first kappa shape index (κ1) is 12.6. The molecule has 0 atom stereocenters. The van der Waals surface area contributed by atoms with Crippen LogP contribution in [0.5, 0.6) is 0 Å². The summed E-state index contributed by atoms with van der Waals surface area (Å²) in [6.07, 6.45) is 0.661. The zero-order valence-corrected chi connectivity index (χ0v) is 10.4. The first-order valence-electron chi connectivity index (χ1n) is 6.08. The number of benzene rings is 1. The van der Waals surface area contributed by atoms with Gasteiger partial charge in [0.05, 0.1) is 11.0 Å². The van der Waals surface area contributed by atoms with Crippen molar-refractivity contribution in [3.8, 4) is 0 Å². The Hall–Kier alpha value is -1.88. The number of para-hydroxylation sites is 2. The number of nitrogens with zero attached hydrogens (tertiary/aromatic N) is 2. The molecular weight excluding hydrogens is 230 g/mol. The summed E-state index contributed by atoms with van der Waals surface area (Å²) in [6, 6.07) is 7.99. The third-order valence-electron chi connectivity index (χ3n) is 2.86. The van der Waals surface area contributed by atoms with E-state index in [0.717, 1.165) is 23.4 Å². The number of aliphatic hydroxyl groups excluding tert-OH is 1. The summed E-state index contributed by atoms with van der Waals surface area (Å²) in [4.78, 5) is 15.5. The topological polar surface area (TPSA) is 67.2 Å².